The van der Waals surface area contributed by atoms with Gasteiger partial charge in [-0.25, -0.2) is 14.8 Å². The van der Waals surface area contributed by atoms with Gasteiger partial charge in [-0.05, 0) is 99.0 Å². The molecule has 3 aliphatic heterocycles. The van der Waals surface area contributed by atoms with Crippen molar-refractivity contribution in [3.63, 3.8) is 0 Å². The lowest BCUT2D eigenvalue weighted by molar-refractivity contribution is -0.120. The quantitative estimate of drug-likeness (QED) is 0.138. The van der Waals surface area contributed by atoms with Crippen LogP contribution in [0.3, 0.4) is 0 Å². The van der Waals surface area contributed by atoms with Crippen molar-refractivity contribution in [2.45, 2.75) is 64.3 Å². The van der Waals surface area contributed by atoms with Gasteiger partial charge in [0.25, 0.3) is 0 Å². The van der Waals surface area contributed by atoms with Crippen molar-refractivity contribution in [2.75, 3.05) is 67.1 Å². The Morgan fingerprint density at radius 3 is 2.38 bits per heavy atom. The number of amides is 4. The van der Waals surface area contributed by atoms with Crippen LogP contribution in [0.1, 0.15) is 79.6 Å². The van der Waals surface area contributed by atoms with Gasteiger partial charge in [0.2, 0.25) is 5.91 Å². The van der Waals surface area contributed by atoms with Gasteiger partial charge in [-0.2, -0.15) is 4.98 Å². The fourth-order valence-corrected chi connectivity index (χ4v) is 9.33. The molecule has 3 N–H and O–H groups in total. The molecule has 15 nitrogen and oxygen atoms in total. The number of aryl methyl sites for hydroxylation is 1. The van der Waals surface area contributed by atoms with Crippen molar-refractivity contribution in [2.24, 2.45) is 5.92 Å². The van der Waals surface area contributed by atoms with Gasteiger partial charge in [-0.1, -0.05) is 30.3 Å². The minimum atomic E-state index is -0.376. The van der Waals surface area contributed by atoms with Crippen molar-refractivity contribution in [1.29, 1.82) is 0 Å². The largest absolute Gasteiger partial charge is 0.372 e. The van der Waals surface area contributed by atoms with E-state index in [1.165, 1.54) is 11.4 Å². The summed E-state index contributed by atoms with van der Waals surface area (Å²) < 4.78 is 5.30. The summed E-state index contributed by atoms with van der Waals surface area (Å²) in [7, 11) is 0. The summed E-state index contributed by atoms with van der Waals surface area (Å²) in [5, 5.41) is 11.6. The number of nitrogens with one attached hydrogen (secondary N) is 3. The predicted molar refractivity (Wildman–Crippen MR) is 234 cm³/mol. The maximum Gasteiger partial charge on any atom is 0.328 e. The number of imide groups is 1. The number of hydrogen-bond donors (Lipinski definition) is 3. The number of aromatic amines is 1. The number of urea groups is 1. The second-order valence-corrected chi connectivity index (χ2v) is 17.5. The van der Waals surface area contributed by atoms with E-state index >= 15 is 0 Å². The SMILES string of the molecule is Cc1cc(-c2ncnc3[nH]c4cc(N5CCN(CC6CCN(c7ccc(N8CCC(=O)NC8=O)cc7)CC6)CC5)ccc4c23)ccc1C(C)NC(=O)c1nc(C2(C)CC2)no1. The van der Waals surface area contributed by atoms with Crippen LogP contribution in [-0.2, 0) is 10.2 Å². The molecule has 1 unspecified atom stereocenters. The van der Waals surface area contributed by atoms with E-state index in [0.29, 0.717) is 24.7 Å². The minimum Gasteiger partial charge on any atom is -0.372 e. The molecule has 0 spiro atoms. The van der Waals surface area contributed by atoms with Gasteiger partial charge in [0.1, 0.15) is 12.0 Å². The number of hydrogen-bond acceptors (Lipinski definition) is 11. The Hall–Kier alpha value is -6.35. The van der Waals surface area contributed by atoms with Crippen LogP contribution in [0.5, 0.6) is 0 Å². The lowest BCUT2D eigenvalue weighted by Crippen LogP contribution is -2.49. The maximum atomic E-state index is 13.0. The van der Waals surface area contributed by atoms with Crippen molar-refractivity contribution >= 4 is 56.8 Å². The zero-order valence-electron chi connectivity index (χ0n) is 34.9. The lowest BCUT2D eigenvalue weighted by atomic mass is 9.95. The Balaban J connectivity index is 0.744. The van der Waals surface area contributed by atoms with Crippen LogP contribution in [0.2, 0.25) is 0 Å². The number of rotatable bonds is 10. The van der Waals surface area contributed by atoms with E-state index < -0.39 is 0 Å². The average Bonchev–Trinajstić information content (AvgIpc) is 3.63. The molecule has 4 aliphatic rings. The molecule has 3 aromatic heterocycles. The number of benzene rings is 3. The van der Waals surface area contributed by atoms with E-state index in [4.69, 9.17) is 9.51 Å². The number of aromatic nitrogens is 5. The highest BCUT2D eigenvalue weighted by atomic mass is 16.5. The fraction of sp³-hybridized carbons (Fsp3) is 0.413. The van der Waals surface area contributed by atoms with Crippen LogP contribution < -0.4 is 25.3 Å². The van der Waals surface area contributed by atoms with Crippen LogP contribution in [0.15, 0.2) is 71.5 Å². The molecule has 1 atom stereocenters. The number of fused-ring (bicyclic) bond motifs is 3. The summed E-state index contributed by atoms with van der Waals surface area (Å²) in [5.41, 5.74) is 8.85. The highest BCUT2D eigenvalue weighted by Gasteiger charge is 2.44. The lowest BCUT2D eigenvalue weighted by Gasteiger charge is -2.40. The molecule has 6 aromatic rings. The van der Waals surface area contributed by atoms with Gasteiger partial charge in [0.05, 0.1) is 17.1 Å². The molecule has 15 heteroatoms. The molecule has 1 aliphatic carbocycles. The molecule has 0 bridgehead atoms. The summed E-state index contributed by atoms with van der Waals surface area (Å²) in [6.45, 7) is 13.7. The van der Waals surface area contributed by atoms with Gasteiger partial charge in [0, 0.05) is 97.7 Å². The van der Waals surface area contributed by atoms with Crippen molar-refractivity contribution in [3.05, 3.63) is 89.8 Å². The van der Waals surface area contributed by atoms with Gasteiger partial charge in [0.15, 0.2) is 5.82 Å². The van der Waals surface area contributed by atoms with E-state index in [0.717, 1.165) is 122 Å². The number of nitrogens with zero attached hydrogens (tertiary/aromatic N) is 8. The molecular formula is C46H51N11O4. The van der Waals surface area contributed by atoms with Gasteiger partial charge < -0.3 is 24.6 Å². The van der Waals surface area contributed by atoms with Crippen molar-refractivity contribution in [1.82, 2.24) is 40.6 Å². The molecule has 1 saturated carbocycles. The smallest absolute Gasteiger partial charge is 0.328 e. The molecule has 3 aromatic carbocycles. The molecule has 4 fully saturated rings. The zero-order chi connectivity index (χ0) is 41.8. The second-order valence-electron chi connectivity index (χ2n) is 17.5. The summed E-state index contributed by atoms with van der Waals surface area (Å²) >= 11 is 0. The van der Waals surface area contributed by atoms with E-state index in [-0.39, 0.29) is 35.2 Å². The molecule has 4 amide bonds. The molecule has 0 radical (unpaired) electrons. The third kappa shape index (κ3) is 7.66. The Kier molecular flexibility index (Phi) is 9.93. The number of piperidine rings is 1. The third-order valence-corrected chi connectivity index (χ3v) is 13.3. The van der Waals surface area contributed by atoms with Gasteiger partial charge in [-0.3, -0.25) is 24.7 Å². The monoisotopic (exact) mass is 821 g/mol. The van der Waals surface area contributed by atoms with Crippen molar-refractivity contribution in [3.8, 4) is 11.3 Å². The first-order valence-electron chi connectivity index (χ1n) is 21.5. The summed E-state index contributed by atoms with van der Waals surface area (Å²) in [6, 6.07) is 20.4. The fourth-order valence-electron chi connectivity index (χ4n) is 9.33. The molecule has 3 saturated heterocycles. The molecule has 61 heavy (non-hydrogen) atoms. The van der Waals surface area contributed by atoms with Crippen molar-refractivity contribution < 1.29 is 18.9 Å². The number of H-pyrrole nitrogens is 1. The number of carbonyl (C=O) groups is 3. The van der Waals surface area contributed by atoms with Crippen LogP contribution >= 0.6 is 0 Å². The number of anilines is 3. The number of carbonyl (C=O) groups excluding carboxylic acids is 3. The Morgan fingerprint density at radius 1 is 0.902 bits per heavy atom. The topological polar surface area (TPSA) is 169 Å². The Morgan fingerprint density at radius 2 is 1.64 bits per heavy atom. The highest BCUT2D eigenvalue weighted by Crippen LogP contribution is 2.46. The Bertz CT molecular complexity index is 2640. The van der Waals surface area contributed by atoms with Gasteiger partial charge >= 0.3 is 17.8 Å². The predicted octanol–water partition coefficient (Wildman–Crippen LogP) is 6.50. The molecule has 6 heterocycles. The summed E-state index contributed by atoms with van der Waals surface area (Å²) in [4.78, 5) is 63.3. The second kappa shape index (κ2) is 15.6. The maximum absolute atomic E-state index is 13.0. The standard InChI is InChI=1S/C46H51N11O4/c1-28-24-31(4-10-35(28)29(2)49-42(59)43-52-44(53-61-43)46(3)15-16-46)40-39-36-11-9-34(25-37(36)50-41(39)48-27-47-40)56-22-20-54(21-23-56)26-30-12-17-55(18-13-30)32-5-7-33(8-6-32)57-19-14-38(58)51-45(57)60/h4-11,24-25,27,29-30H,12-23,26H2,1-3H3,(H,49,59)(H,47,48,50)(H,51,58,60). The van der Waals surface area contributed by atoms with E-state index in [1.54, 1.807) is 11.2 Å². The van der Waals surface area contributed by atoms with Gasteiger partial charge in [-0.15, -0.1) is 0 Å². The van der Waals surface area contributed by atoms with Crippen LogP contribution in [0.4, 0.5) is 21.9 Å². The summed E-state index contributed by atoms with van der Waals surface area (Å²) in [5.74, 6) is 0.674. The van der Waals surface area contributed by atoms with Crippen LogP contribution in [0.25, 0.3) is 33.2 Å². The zero-order valence-corrected chi connectivity index (χ0v) is 34.9. The van der Waals surface area contributed by atoms with E-state index in [9.17, 15) is 14.4 Å². The molecule has 10 rings (SSSR count). The first-order valence-corrected chi connectivity index (χ1v) is 21.5. The summed E-state index contributed by atoms with van der Waals surface area (Å²) in [6.07, 6.45) is 6.26. The van der Waals surface area contributed by atoms with E-state index in [1.807, 2.05) is 19.1 Å². The minimum absolute atomic E-state index is 0.00395. The molecular weight excluding hydrogens is 771 g/mol. The third-order valence-electron chi connectivity index (χ3n) is 13.3. The highest BCUT2D eigenvalue weighted by molar-refractivity contribution is 6.12. The molecule has 314 valence electrons. The first-order chi connectivity index (χ1) is 29.6. The van der Waals surface area contributed by atoms with E-state index in [2.05, 4.69) is 108 Å². The normalized spacial score (nSPS) is 19.1. The van der Waals surface area contributed by atoms with Crippen LogP contribution in [-0.4, -0.2) is 100 Å². The van der Waals surface area contributed by atoms with Crippen LogP contribution in [0, 0.1) is 12.8 Å². The Labute approximate surface area is 353 Å². The average molecular weight is 822 g/mol. The first kappa shape index (κ1) is 38.8. The number of piperazine rings is 1.